The molecule has 11 nitrogen and oxygen atoms in total. The van der Waals surface area contributed by atoms with Gasteiger partial charge >= 0.3 is 17.9 Å². The van der Waals surface area contributed by atoms with Crippen LogP contribution in [0.4, 0.5) is 0 Å². The fourth-order valence-electron chi connectivity index (χ4n) is 6.34. The van der Waals surface area contributed by atoms with Crippen LogP contribution < -0.4 is 23.7 Å². The standard InChI is InChI=1S/C29H30O11/c1-29(2)17(10-22(30)40-29)27(31)39-25-15-9-19-18(37-12-38-19)8-14(15)23(24-16(25)11-36-28(24)32)13-6-20(33-3)26(35-5)21(7-13)34-4/h6-9,16-17,23-25H,10-12H2,1-5H3/t16-,17?,23+,24+,25-/m0/s1. The Morgan fingerprint density at radius 2 is 1.55 bits per heavy atom. The molecule has 0 saturated carbocycles. The van der Waals surface area contributed by atoms with Crippen LogP contribution in [0.25, 0.3) is 0 Å². The molecule has 3 heterocycles. The average Bonchev–Trinajstić information content (AvgIpc) is 3.62. The van der Waals surface area contributed by atoms with Gasteiger partial charge in [-0.15, -0.1) is 0 Å². The van der Waals surface area contributed by atoms with Crippen molar-refractivity contribution in [2.75, 3.05) is 34.7 Å². The van der Waals surface area contributed by atoms with Gasteiger partial charge in [0.2, 0.25) is 12.5 Å². The van der Waals surface area contributed by atoms with Gasteiger partial charge in [-0.1, -0.05) is 0 Å². The first-order valence-corrected chi connectivity index (χ1v) is 13.0. The van der Waals surface area contributed by atoms with Gasteiger partial charge < -0.3 is 37.9 Å². The smallest absolute Gasteiger partial charge is 0.314 e. The van der Waals surface area contributed by atoms with Crippen molar-refractivity contribution < 1.29 is 52.3 Å². The number of carbonyl (C=O) groups is 3. The Balaban J connectivity index is 1.49. The summed E-state index contributed by atoms with van der Waals surface area (Å²) in [6, 6.07) is 7.22. The number of hydrogen-bond acceptors (Lipinski definition) is 11. The van der Waals surface area contributed by atoms with Gasteiger partial charge in [-0.2, -0.15) is 0 Å². The Bertz CT molecular complexity index is 1370. The maximum absolute atomic E-state index is 13.5. The number of esters is 3. The van der Waals surface area contributed by atoms with Crippen LogP contribution >= 0.6 is 0 Å². The van der Waals surface area contributed by atoms with E-state index in [9.17, 15) is 14.4 Å². The molecule has 0 aromatic heterocycles. The third-order valence-electron chi connectivity index (χ3n) is 8.28. The molecular weight excluding hydrogens is 524 g/mol. The van der Waals surface area contributed by atoms with Crippen LogP contribution in [0.3, 0.4) is 0 Å². The van der Waals surface area contributed by atoms with Gasteiger partial charge in [-0.25, -0.2) is 0 Å². The summed E-state index contributed by atoms with van der Waals surface area (Å²) in [6.45, 7) is 3.46. The molecule has 3 aliphatic heterocycles. The van der Waals surface area contributed by atoms with Crippen LogP contribution in [0.2, 0.25) is 0 Å². The number of cyclic esters (lactones) is 2. The van der Waals surface area contributed by atoms with Gasteiger partial charge in [0.25, 0.3) is 0 Å². The summed E-state index contributed by atoms with van der Waals surface area (Å²) in [6.07, 6.45) is -0.914. The highest BCUT2D eigenvalue weighted by atomic mass is 16.7. The van der Waals surface area contributed by atoms with Crippen molar-refractivity contribution in [1.82, 2.24) is 0 Å². The predicted octanol–water partition coefficient (Wildman–Crippen LogP) is 3.30. The Labute approximate surface area is 230 Å². The second-order valence-electron chi connectivity index (χ2n) is 10.8. The lowest BCUT2D eigenvalue weighted by Gasteiger charge is -2.39. The molecular formula is C29H30O11. The van der Waals surface area contributed by atoms with Gasteiger partial charge in [0.05, 0.1) is 40.3 Å². The quantitative estimate of drug-likeness (QED) is 0.386. The Kier molecular flexibility index (Phi) is 6.19. The molecule has 2 aromatic rings. The van der Waals surface area contributed by atoms with E-state index in [-0.39, 0.29) is 19.8 Å². The SMILES string of the molecule is COc1cc([C@@H]2c3cc4c(cc3[C@H](OC(=O)C3CC(=O)OC3(C)C)[C@H]3COC(=O)[C@@H]23)OCO4)cc(OC)c1OC. The molecule has 4 aliphatic rings. The summed E-state index contributed by atoms with van der Waals surface area (Å²) in [5.41, 5.74) is 1.10. The van der Waals surface area contributed by atoms with Crippen LogP contribution in [0.1, 0.15) is 49.0 Å². The summed E-state index contributed by atoms with van der Waals surface area (Å²) >= 11 is 0. The summed E-state index contributed by atoms with van der Waals surface area (Å²) in [5.74, 6) is -1.63. The van der Waals surface area contributed by atoms with E-state index in [0.717, 1.165) is 11.1 Å². The highest BCUT2D eigenvalue weighted by Crippen LogP contribution is 2.57. The first-order chi connectivity index (χ1) is 19.2. The Morgan fingerprint density at radius 3 is 2.12 bits per heavy atom. The van der Waals surface area contributed by atoms with E-state index in [2.05, 4.69) is 0 Å². The average molecular weight is 555 g/mol. The molecule has 0 N–H and O–H groups in total. The molecule has 5 atom stereocenters. The minimum absolute atomic E-state index is 0.0438. The maximum atomic E-state index is 13.5. The number of methoxy groups -OCH3 is 3. The van der Waals surface area contributed by atoms with Crippen LogP contribution in [0.5, 0.6) is 28.7 Å². The fourth-order valence-corrected chi connectivity index (χ4v) is 6.34. The number of benzene rings is 2. The van der Waals surface area contributed by atoms with Gasteiger partial charge in [0.15, 0.2) is 23.0 Å². The monoisotopic (exact) mass is 554 g/mol. The van der Waals surface area contributed by atoms with Gasteiger partial charge in [0.1, 0.15) is 17.6 Å². The minimum Gasteiger partial charge on any atom is -0.493 e. The molecule has 0 bridgehead atoms. The number of carbonyl (C=O) groups excluding carboxylic acids is 3. The second kappa shape index (κ2) is 9.50. The molecule has 11 heteroatoms. The largest absolute Gasteiger partial charge is 0.493 e. The first kappa shape index (κ1) is 26.1. The molecule has 0 spiro atoms. The molecule has 6 rings (SSSR count). The Morgan fingerprint density at radius 1 is 0.900 bits per heavy atom. The van der Waals surface area contributed by atoms with Crippen molar-refractivity contribution in [3.63, 3.8) is 0 Å². The number of hydrogen-bond donors (Lipinski definition) is 0. The molecule has 1 unspecified atom stereocenters. The zero-order valence-corrected chi connectivity index (χ0v) is 22.8. The van der Waals surface area contributed by atoms with Crippen molar-refractivity contribution in [3.05, 3.63) is 41.0 Å². The summed E-state index contributed by atoms with van der Waals surface area (Å²) < 4.78 is 45.1. The lowest BCUT2D eigenvalue weighted by atomic mass is 9.66. The zero-order valence-electron chi connectivity index (χ0n) is 22.8. The lowest BCUT2D eigenvalue weighted by Crippen LogP contribution is -2.40. The topological polar surface area (TPSA) is 125 Å². The van der Waals surface area contributed by atoms with Crippen molar-refractivity contribution in [3.8, 4) is 28.7 Å². The highest BCUT2D eigenvalue weighted by Gasteiger charge is 2.55. The van der Waals surface area contributed by atoms with Crippen molar-refractivity contribution in [2.45, 2.75) is 37.9 Å². The predicted molar refractivity (Wildman–Crippen MR) is 136 cm³/mol. The van der Waals surface area contributed by atoms with Crippen molar-refractivity contribution in [1.29, 1.82) is 0 Å². The molecule has 2 saturated heterocycles. The van der Waals surface area contributed by atoms with E-state index in [0.29, 0.717) is 34.3 Å². The second-order valence-corrected chi connectivity index (χ2v) is 10.8. The third kappa shape index (κ3) is 3.98. The van der Waals surface area contributed by atoms with Crippen molar-refractivity contribution >= 4 is 17.9 Å². The van der Waals surface area contributed by atoms with Gasteiger partial charge in [0, 0.05) is 17.4 Å². The summed E-state index contributed by atoms with van der Waals surface area (Å²) in [4.78, 5) is 38.8. The zero-order chi connectivity index (χ0) is 28.3. The number of rotatable bonds is 6. The first-order valence-electron chi connectivity index (χ1n) is 13.0. The lowest BCUT2D eigenvalue weighted by molar-refractivity contribution is -0.165. The molecule has 0 amide bonds. The van der Waals surface area contributed by atoms with E-state index in [1.54, 1.807) is 32.0 Å². The van der Waals surface area contributed by atoms with Crippen molar-refractivity contribution in [2.24, 2.45) is 17.8 Å². The van der Waals surface area contributed by atoms with Gasteiger partial charge in [-0.05, 0) is 49.2 Å². The highest BCUT2D eigenvalue weighted by molar-refractivity contribution is 5.85. The van der Waals surface area contributed by atoms with Crippen LogP contribution in [0, 0.1) is 17.8 Å². The molecule has 40 heavy (non-hydrogen) atoms. The van der Waals surface area contributed by atoms with E-state index in [4.69, 9.17) is 37.9 Å². The van der Waals surface area contributed by atoms with E-state index >= 15 is 0 Å². The normalized spacial score (nSPS) is 27.3. The molecule has 1 aliphatic carbocycles. The molecule has 0 radical (unpaired) electrons. The molecule has 2 aromatic carbocycles. The minimum atomic E-state index is -1.01. The maximum Gasteiger partial charge on any atom is 0.314 e. The van der Waals surface area contributed by atoms with Gasteiger partial charge in [-0.3, -0.25) is 14.4 Å². The van der Waals surface area contributed by atoms with Crippen LogP contribution in [-0.2, 0) is 28.6 Å². The summed E-state index contributed by atoms with van der Waals surface area (Å²) in [7, 11) is 4.56. The van der Waals surface area contributed by atoms with E-state index in [1.165, 1.54) is 21.3 Å². The van der Waals surface area contributed by atoms with E-state index < -0.39 is 53.3 Å². The molecule has 2 fully saturated rings. The van der Waals surface area contributed by atoms with E-state index in [1.807, 2.05) is 6.07 Å². The Hall–Kier alpha value is -4.15. The fraction of sp³-hybridized carbons (Fsp3) is 0.483. The third-order valence-corrected chi connectivity index (χ3v) is 8.28. The number of ether oxygens (including phenoxy) is 8. The van der Waals surface area contributed by atoms with Crippen LogP contribution in [0.15, 0.2) is 24.3 Å². The number of fused-ring (bicyclic) bond motifs is 3. The summed E-state index contributed by atoms with van der Waals surface area (Å²) in [5, 5.41) is 0. The molecule has 212 valence electrons. The van der Waals surface area contributed by atoms with Crippen LogP contribution in [-0.4, -0.2) is 58.2 Å².